The third-order valence-corrected chi connectivity index (χ3v) is 5.08. The second-order valence-electron chi connectivity index (χ2n) is 6.17. The second-order valence-corrected chi connectivity index (χ2v) is 7.11. The second kappa shape index (κ2) is 11.2. The minimum Gasteiger partial charge on any atom is -0.497 e. The molecule has 0 fully saturated rings. The fourth-order valence-corrected chi connectivity index (χ4v) is 3.48. The third kappa shape index (κ3) is 6.18. The van der Waals surface area contributed by atoms with Crippen LogP contribution in [0.15, 0.2) is 66.1 Å². The van der Waals surface area contributed by atoms with Crippen molar-refractivity contribution in [2.45, 2.75) is 12.1 Å². The van der Waals surface area contributed by atoms with E-state index in [0.717, 1.165) is 28.1 Å². The minimum atomic E-state index is -0.0698. The van der Waals surface area contributed by atoms with E-state index in [-0.39, 0.29) is 11.7 Å². The number of hydrogen-bond donors (Lipinski definition) is 1. The number of thioether (sulfide) groups is 1. The lowest BCUT2D eigenvalue weighted by Crippen LogP contribution is -2.29. The molecule has 0 radical (unpaired) electrons. The van der Waals surface area contributed by atoms with Crippen molar-refractivity contribution >= 4 is 17.7 Å². The number of hydrogen-bond acceptors (Lipinski definition) is 6. The van der Waals surface area contributed by atoms with Crippen molar-refractivity contribution in [1.82, 2.24) is 14.9 Å². The lowest BCUT2D eigenvalue weighted by Gasteiger charge is -2.10. The third-order valence-electron chi connectivity index (χ3n) is 4.12. The van der Waals surface area contributed by atoms with Crippen LogP contribution in [0.4, 0.5) is 0 Å². The fraction of sp³-hybridized carbons (Fsp3) is 0.273. The number of imidazole rings is 1. The zero-order chi connectivity index (χ0) is 21.2. The largest absolute Gasteiger partial charge is 0.497 e. The van der Waals surface area contributed by atoms with Gasteiger partial charge in [0.25, 0.3) is 0 Å². The highest BCUT2D eigenvalue weighted by atomic mass is 32.2. The Kier molecular flexibility index (Phi) is 8.02. The summed E-state index contributed by atoms with van der Waals surface area (Å²) in [6.07, 6.45) is 3.59. The van der Waals surface area contributed by atoms with Gasteiger partial charge in [0.1, 0.15) is 23.9 Å². The highest BCUT2D eigenvalue weighted by Crippen LogP contribution is 2.22. The van der Waals surface area contributed by atoms with E-state index in [2.05, 4.69) is 10.3 Å². The maximum atomic E-state index is 12.1. The molecule has 1 amide bonds. The molecular formula is C22H25N3O4S. The van der Waals surface area contributed by atoms with E-state index in [1.165, 1.54) is 11.8 Å². The van der Waals surface area contributed by atoms with Gasteiger partial charge < -0.3 is 19.5 Å². The molecule has 158 valence electrons. The van der Waals surface area contributed by atoms with Crippen molar-refractivity contribution in [1.29, 1.82) is 0 Å². The highest BCUT2D eigenvalue weighted by Gasteiger charge is 2.09. The van der Waals surface area contributed by atoms with E-state index in [0.29, 0.717) is 19.8 Å². The summed E-state index contributed by atoms with van der Waals surface area (Å²) >= 11 is 1.38. The van der Waals surface area contributed by atoms with E-state index in [1.807, 2.05) is 66.2 Å². The lowest BCUT2D eigenvalue weighted by molar-refractivity contribution is -0.118. The summed E-state index contributed by atoms with van der Waals surface area (Å²) in [6.45, 7) is 3.40. The Morgan fingerprint density at radius 1 is 1.03 bits per heavy atom. The normalized spacial score (nSPS) is 10.5. The molecular weight excluding hydrogens is 402 g/mol. The molecule has 30 heavy (non-hydrogen) atoms. The molecule has 7 nitrogen and oxygen atoms in total. The number of carbonyl (C=O) groups is 1. The Hall–Kier alpha value is -3.13. The maximum absolute atomic E-state index is 12.1. The molecule has 0 saturated heterocycles. The molecule has 3 aromatic rings. The summed E-state index contributed by atoms with van der Waals surface area (Å²) in [5.41, 5.74) is 0.958. The van der Waals surface area contributed by atoms with E-state index in [4.69, 9.17) is 14.2 Å². The van der Waals surface area contributed by atoms with Gasteiger partial charge in [0.2, 0.25) is 5.91 Å². The van der Waals surface area contributed by atoms with E-state index >= 15 is 0 Å². The molecule has 0 spiro atoms. The Bertz CT molecular complexity index is 926. The average Bonchev–Trinajstić information content (AvgIpc) is 3.25. The first-order valence-corrected chi connectivity index (χ1v) is 10.6. The molecule has 1 N–H and O–H groups in total. The highest BCUT2D eigenvalue weighted by molar-refractivity contribution is 7.99. The van der Waals surface area contributed by atoms with Crippen LogP contribution in [0.2, 0.25) is 0 Å². The first kappa shape index (κ1) is 21.6. The summed E-state index contributed by atoms with van der Waals surface area (Å²) < 4.78 is 18.2. The van der Waals surface area contributed by atoms with Crippen molar-refractivity contribution < 1.29 is 19.0 Å². The van der Waals surface area contributed by atoms with Gasteiger partial charge in [-0.25, -0.2) is 4.98 Å². The van der Waals surface area contributed by atoms with Gasteiger partial charge in [-0.15, -0.1) is 0 Å². The molecule has 0 aliphatic carbocycles. The standard InChI is InChI=1S/C22H25N3O4S/c1-3-28-19-8-10-20(11-9-19)29-15-13-23-21(26)16-30-22-24-12-14-25(22)17-4-6-18(27-2)7-5-17/h4-12,14H,3,13,15-16H2,1-2H3,(H,23,26). The van der Waals surface area contributed by atoms with Crippen LogP contribution in [0, 0.1) is 0 Å². The van der Waals surface area contributed by atoms with Crippen molar-refractivity contribution in [3.05, 3.63) is 60.9 Å². The predicted molar refractivity (Wildman–Crippen MR) is 117 cm³/mol. The van der Waals surface area contributed by atoms with Crippen LogP contribution in [0.3, 0.4) is 0 Å². The maximum Gasteiger partial charge on any atom is 0.230 e. The molecule has 3 rings (SSSR count). The van der Waals surface area contributed by atoms with Gasteiger partial charge in [-0.3, -0.25) is 9.36 Å². The Morgan fingerprint density at radius 2 is 1.70 bits per heavy atom. The number of amides is 1. The van der Waals surface area contributed by atoms with Crippen LogP contribution in [0.1, 0.15) is 6.92 Å². The number of carbonyl (C=O) groups excluding carboxylic acids is 1. The van der Waals surface area contributed by atoms with Gasteiger partial charge in [0, 0.05) is 18.1 Å². The minimum absolute atomic E-state index is 0.0698. The first-order valence-electron chi connectivity index (χ1n) is 9.62. The van der Waals surface area contributed by atoms with Gasteiger partial charge in [0.05, 0.1) is 26.0 Å². The van der Waals surface area contributed by atoms with Crippen molar-refractivity contribution in [2.75, 3.05) is 32.6 Å². The Labute approximate surface area is 180 Å². The zero-order valence-electron chi connectivity index (χ0n) is 17.0. The van der Waals surface area contributed by atoms with E-state index in [1.54, 1.807) is 13.3 Å². The molecule has 1 aromatic heterocycles. The first-order chi connectivity index (χ1) is 14.7. The smallest absolute Gasteiger partial charge is 0.230 e. The average molecular weight is 428 g/mol. The van der Waals surface area contributed by atoms with Gasteiger partial charge in [-0.1, -0.05) is 11.8 Å². The summed E-state index contributed by atoms with van der Waals surface area (Å²) in [5.74, 6) is 2.54. The van der Waals surface area contributed by atoms with Crippen molar-refractivity contribution in [3.8, 4) is 22.9 Å². The monoisotopic (exact) mass is 427 g/mol. The summed E-state index contributed by atoms with van der Waals surface area (Å²) in [5, 5.41) is 3.61. The molecule has 8 heteroatoms. The number of benzene rings is 2. The number of methoxy groups -OCH3 is 1. The van der Waals surface area contributed by atoms with Crippen molar-refractivity contribution in [3.63, 3.8) is 0 Å². The number of nitrogens with zero attached hydrogens (tertiary/aromatic N) is 2. The number of rotatable bonds is 11. The molecule has 0 bridgehead atoms. The Balaban J connectivity index is 1.40. The zero-order valence-corrected chi connectivity index (χ0v) is 17.9. The van der Waals surface area contributed by atoms with Gasteiger partial charge in [0.15, 0.2) is 5.16 Å². The van der Waals surface area contributed by atoms with Crippen LogP contribution in [0.25, 0.3) is 5.69 Å². The van der Waals surface area contributed by atoms with Crippen LogP contribution < -0.4 is 19.5 Å². The van der Waals surface area contributed by atoms with E-state index < -0.39 is 0 Å². The Morgan fingerprint density at radius 3 is 2.37 bits per heavy atom. The molecule has 1 heterocycles. The van der Waals surface area contributed by atoms with Crippen LogP contribution >= 0.6 is 11.8 Å². The van der Waals surface area contributed by atoms with Crippen LogP contribution in [0.5, 0.6) is 17.2 Å². The SMILES string of the molecule is CCOc1ccc(OCCNC(=O)CSc2nccn2-c2ccc(OC)cc2)cc1. The number of ether oxygens (including phenoxy) is 3. The van der Waals surface area contributed by atoms with Gasteiger partial charge >= 0.3 is 0 Å². The van der Waals surface area contributed by atoms with E-state index in [9.17, 15) is 4.79 Å². The molecule has 0 aliphatic heterocycles. The van der Waals surface area contributed by atoms with Crippen molar-refractivity contribution in [2.24, 2.45) is 0 Å². The van der Waals surface area contributed by atoms with Gasteiger partial charge in [-0.2, -0.15) is 0 Å². The molecule has 2 aromatic carbocycles. The van der Waals surface area contributed by atoms with Crippen LogP contribution in [-0.4, -0.2) is 48.1 Å². The molecule has 0 aliphatic rings. The molecule has 0 atom stereocenters. The topological polar surface area (TPSA) is 74.6 Å². The molecule has 0 unspecified atom stereocenters. The van der Waals surface area contributed by atoms with Crippen LogP contribution in [-0.2, 0) is 4.79 Å². The fourth-order valence-electron chi connectivity index (χ4n) is 2.68. The summed E-state index contributed by atoms with van der Waals surface area (Å²) in [6, 6.07) is 15.1. The number of aromatic nitrogens is 2. The van der Waals surface area contributed by atoms with Gasteiger partial charge in [-0.05, 0) is 55.5 Å². The quantitative estimate of drug-likeness (QED) is 0.373. The summed E-state index contributed by atoms with van der Waals surface area (Å²) in [7, 11) is 1.63. The summed E-state index contributed by atoms with van der Waals surface area (Å²) in [4.78, 5) is 16.5. The predicted octanol–water partition coefficient (Wildman–Crippen LogP) is 3.57. The number of nitrogens with one attached hydrogen (secondary N) is 1. The molecule has 0 saturated carbocycles. The lowest BCUT2D eigenvalue weighted by atomic mass is 10.3.